The fourth-order valence-electron chi connectivity index (χ4n) is 2.83. The second-order valence-corrected chi connectivity index (χ2v) is 6.64. The number of rotatable bonds is 6. The first-order valence-corrected chi connectivity index (χ1v) is 8.66. The van der Waals surface area contributed by atoms with Crippen molar-refractivity contribution >= 4 is 23.4 Å². The first-order chi connectivity index (χ1) is 13.0. The van der Waals surface area contributed by atoms with Crippen LogP contribution in [-0.2, 0) is 0 Å². The van der Waals surface area contributed by atoms with Crippen LogP contribution in [0.25, 0.3) is 0 Å². The van der Waals surface area contributed by atoms with Crippen molar-refractivity contribution in [3.63, 3.8) is 0 Å². The molecule has 4 rings (SSSR count). The zero-order valence-electron chi connectivity index (χ0n) is 14.6. The molecule has 9 heteroatoms. The van der Waals surface area contributed by atoms with E-state index >= 15 is 0 Å². The minimum atomic E-state index is -0.893. The van der Waals surface area contributed by atoms with Gasteiger partial charge in [-0.2, -0.15) is 15.1 Å². The van der Waals surface area contributed by atoms with Crippen molar-refractivity contribution in [1.29, 1.82) is 0 Å². The molecule has 0 bridgehead atoms. The molecule has 1 unspecified atom stereocenters. The van der Waals surface area contributed by atoms with Crippen LogP contribution in [0.4, 0.5) is 32.2 Å². The van der Waals surface area contributed by atoms with E-state index < -0.39 is 11.6 Å². The van der Waals surface area contributed by atoms with Crippen LogP contribution in [0.2, 0.25) is 0 Å². The molecule has 27 heavy (non-hydrogen) atoms. The molecule has 1 aliphatic rings. The zero-order valence-corrected chi connectivity index (χ0v) is 14.6. The summed E-state index contributed by atoms with van der Waals surface area (Å²) in [5, 5.41) is 13.4. The first-order valence-electron chi connectivity index (χ1n) is 8.66. The molecular weight excluding hydrogens is 352 g/mol. The number of hydrogen-bond acceptors (Lipinski definition) is 6. The van der Waals surface area contributed by atoms with Gasteiger partial charge in [-0.1, -0.05) is 6.07 Å². The third kappa shape index (κ3) is 3.97. The third-order valence-corrected chi connectivity index (χ3v) is 4.42. The lowest BCUT2D eigenvalue weighted by Gasteiger charge is -2.16. The second kappa shape index (κ2) is 6.82. The fraction of sp³-hybridized carbons (Fsp3) is 0.278. The lowest BCUT2D eigenvalue weighted by atomic mass is 10.1. The lowest BCUT2D eigenvalue weighted by Crippen LogP contribution is -2.11. The number of nitrogens with one attached hydrogen (secondary N) is 3. The summed E-state index contributed by atoms with van der Waals surface area (Å²) in [7, 11) is 0. The van der Waals surface area contributed by atoms with E-state index in [1.165, 1.54) is 18.9 Å². The molecule has 5 N–H and O–H groups in total. The third-order valence-electron chi connectivity index (χ3n) is 4.42. The summed E-state index contributed by atoms with van der Waals surface area (Å²) in [6.45, 7) is 1.81. The van der Waals surface area contributed by atoms with Gasteiger partial charge in [-0.25, -0.2) is 8.78 Å². The van der Waals surface area contributed by atoms with Crippen LogP contribution < -0.4 is 16.4 Å². The molecule has 1 aliphatic carbocycles. The molecule has 0 radical (unpaired) electrons. The molecule has 3 aromatic rings. The number of aromatic nitrogens is 4. The Morgan fingerprint density at radius 2 is 1.85 bits per heavy atom. The topological polar surface area (TPSA) is 105 Å². The van der Waals surface area contributed by atoms with Crippen LogP contribution in [0.15, 0.2) is 30.3 Å². The molecule has 1 atom stereocenters. The number of nitrogens with two attached hydrogens (primary N) is 1. The van der Waals surface area contributed by atoms with Gasteiger partial charge < -0.3 is 16.4 Å². The molecule has 1 aromatic carbocycles. The Bertz CT molecular complexity index is 968. The monoisotopic (exact) mass is 371 g/mol. The average molecular weight is 371 g/mol. The molecule has 1 fully saturated rings. The van der Waals surface area contributed by atoms with Crippen molar-refractivity contribution in [2.24, 2.45) is 0 Å². The highest BCUT2D eigenvalue weighted by Gasteiger charge is 2.25. The van der Waals surface area contributed by atoms with Crippen LogP contribution in [-0.4, -0.2) is 20.2 Å². The maximum atomic E-state index is 13.4. The largest absolute Gasteiger partial charge is 0.368 e. The van der Waals surface area contributed by atoms with Crippen LogP contribution in [0.5, 0.6) is 0 Å². The Balaban J connectivity index is 1.49. The van der Waals surface area contributed by atoms with Gasteiger partial charge in [-0.15, -0.1) is 0 Å². The van der Waals surface area contributed by atoms with E-state index in [2.05, 4.69) is 30.8 Å². The van der Waals surface area contributed by atoms with Gasteiger partial charge >= 0.3 is 0 Å². The van der Waals surface area contributed by atoms with Crippen molar-refractivity contribution in [2.45, 2.75) is 31.7 Å². The van der Waals surface area contributed by atoms with E-state index in [1.54, 1.807) is 6.07 Å². The molecule has 140 valence electrons. The van der Waals surface area contributed by atoms with Crippen molar-refractivity contribution in [3.8, 4) is 0 Å². The number of halogens is 2. The molecular formula is C18H19F2N7. The van der Waals surface area contributed by atoms with E-state index in [0.29, 0.717) is 28.9 Å². The molecule has 7 nitrogen and oxygen atoms in total. The van der Waals surface area contributed by atoms with E-state index in [-0.39, 0.29) is 12.0 Å². The molecule has 2 aromatic heterocycles. The number of anilines is 4. The summed E-state index contributed by atoms with van der Waals surface area (Å²) in [6.07, 6.45) is 2.36. The Morgan fingerprint density at radius 3 is 2.59 bits per heavy atom. The Labute approximate surface area is 154 Å². The zero-order chi connectivity index (χ0) is 19.0. The number of H-pyrrole nitrogens is 1. The molecule has 0 amide bonds. The number of benzene rings is 1. The number of nitrogen functional groups attached to an aromatic ring is 1. The van der Waals surface area contributed by atoms with E-state index in [0.717, 1.165) is 17.8 Å². The van der Waals surface area contributed by atoms with Gasteiger partial charge in [-0.3, -0.25) is 5.10 Å². The summed E-state index contributed by atoms with van der Waals surface area (Å²) < 4.78 is 26.6. The highest BCUT2D eigenvalue weighted by atomic mass is 19.2. The highest BCUT2D eigenvalue weighted by Crippen LogP contribution is 2.39. The quantitative estimate of drug-likeness (QED) is 0.525. The van der Waals surface area contributed by atoms with Crippen LogP contribution >= 0.6 is 0 Å². The highest BCUT2D eigenvalue weighted by molar-refractivity contribution is 5.59. The SMILES string of the molecule is CC(Nc1cc(Nc2cc(C3CC3)[nH]n2)nc(N)n1)c1ccc(F)c(F)c1. The minimum absolute atomic E-state index is 0.0814. The molecule has 0 aliphatic heterocycles. The minimum Gasteiger partial charge on any atom is -0.368 e. The maximum absolute atomic E-state index is 13.4. The predicted octanol–water partition coefficient (Wildman–Crippen LogP) is 3.85. The van der Waals surface area contributed by atoms with Gasteiger partial charge in [-0.05, 0) is 37.5 Å². The van der Waals surface area contributed by atoms with Crippen molar-refractivity contribution in [2.75, 3.05) is 16.4 Å². The Morgan fingerprint density at radius 1 is 1.07 bits per heavy atom. The molecule has 0 saturated heterocycles. The van der Waals surface area contributed by atoms with Gasteiger partial charge in [0, 0.05) is 23.7 Å². The van der Waals surface area contributed by atoms with Crippen molar-refractivity contribution in [1.82, 2.24) is 20.2 Å². The Kier molecular flexibility index (Phi) is 4.35. The lowest BCUT2D eigenvalue weighted by molar-refractivity contribution is 0.506. The fourth-order valence-corrected chi connectivity index (χ4v) is 2.83. The first kappa shape index (κ1) is 17.2. The van der Waals surface area contributed by atoms with Gasteiger partial charge in [0.2, 0.25) is 5.95 Å². The summed E-state index contributed by atoms with van der Waals surface area (Å²) in [5.41, 5.74) is 7.48. The predicted molar refractivity (Wildman–Crippen MR) is 98.7 cm³/mol. The summed E-state index contributed by atoms with van der Waals surface area (Å²) in [4.78, 5) is 8.30. The van der Waals surface area contributed by atoms with Crippen molar-refractivity contribution in [3.05, 3.63) is 53.2 Å². The standard InChI is InChI=1S/C18H19F2N7/c1-9(11-4-5-12(19)13(20)6-11)22-15-8-16(25-18(21)24-15)23-17-7-14(26-27-17)10-2-3-10/h4-10H,2-3H2,1H3,(H5,21,22,23,24,25,26,27). The van der Waals surface area contributed by atoms with Crippen LogP contribution in [0.1, 0.15) is 43.0 Å². The van der Waals surface area contributed by atoms with Gasteiger partial charge in [0.1, 0.15) is 11.6 Å². The van der Waals surface area contributed by atoms with E-state index in [4.69, 9.17) is 5.73 Å². The average Bonchev–Trinajstić information content (AvgIpc) is 3.36. The number of hydrogen-bond donors (Lipinski definition) is 4. The maximum Gasteiger partial charge on any atom is 0.223 e. The van der Waals surface area contributed by atoms with E-state index in [1.807, 2.05) is 13.0 Å². The Hall–Kier alpha value is -3.23. The van der Waals surface area contributed by atoms with Gasteiger partial charge in [0.05, 0.1) is 6.04 Å². The van der Waals surface area contributed by atoms with Crippen LogP contribution in [0, 0.1) is 11.6 Å². The summed E-state index contributed by atoms with van der Waals surface area (Å²) in [6, 6.07) is 7.08. The van der Waals surface area contributed by atoms with Gasteiger partial charge in [0.15, 0.2) is 17.5 Å². The number of aromatic amines is 1. The summed E-state index contributed by atoms with van der Waals surface area (Å²) >= 11 is 0. The van der Waals surface area contributed by atoms with Crippen molar-refractivity contribution < 1.29 is 8.78 Å². The smallest absolute Gasteiger partial charge is 0.223 e. The van der Waals surface area contributed by atoms with Gasteiger partial charge in [0.25, 0.3) is 0 Å². The second-order valence-electron chi connectivity index (χ2n) is 6.64. The summed E-state index contributed by atoms with van der Waals surface area (Å²) in [5.74, 6) is 0.464. The normalized spacial score (nSPS) is 14.8. The van der Waals surface area contributed by atoms with Crippen LogP contribution in [0.3, 0.4) is 0 Å². The molecule has 0 spiro atoms. The molecule has 2 heterocycles. The number of nitrogens with zero attached hydrogens (tertiary/aromatic N) is 3. The molecule has 1 saturated carbocycles. The van der Waals surface area contributed by atoms with E-state index in [9.17, 15) is 8.78 Å².